The van der Waals surface area contributed by atoms with Crippen LogP contribution < -0.4 is 0 Å². The van der Waals surface area contributed by atoms with Crippen molar-refractivity contribution in [1.29, 1.82) is 0 Å². The average Bonchev–Trinajstić information content (AvgIpc) is 2.70. The lowest BCUT2D eigenvalue weighted by atomic mass is 9.98. The summed E-state index contributed by atoms with van der Waals surface area (Å²) < 4.78 is 1.19. The molecule has 0 saturated carbocycles. The molecule has 0 amide bonds. The van der Waals surface area contributed by atoms with E-state index in [1.165, 1.54) is 32.3 Å². The Labute approximate surface area is 110 Å². The molecule has 3 rings (SSSR count). The molecule has 2 aromatic rings. The quantitative estimate of drug-likeness (QED) is 0.685. The predicted octanol–water partition coefficient (Wildman–Crippen LogP) is 5.08. The molecule has 0 radical (unpaired) electrons. The Hall–Kier alpha value is -1.34. The number of rotatable bonds is 1. The van der Waals surface area contributed by atoms with E-state index in [4.69, 9.17) is 0 Å². The molecule has 0 unspecified atom stereocenters. The lowest BCUT2D eigenvalue weighted by molar-refractivity contribution is 1.30. The van der Waals surface area contributed by atoms with Crippen LogP contribution in [-0.2, 0) is 6.42 Å². The largest absolute Gasteiger partial charge is 0.0766 e. The number of fused-ring (bicyclic) bond motifs is 1. The molecule has 0 spiro atoms. The summed E-state index contributed by atoms with van der Waals surface area (Å²) in [6.07, 6.45) is 3.36. The van der Waals surface area contributed by atoms with Crippen LogP contribution in [0.3, 0.4) is 0 Å². The van der Waals surface area contributed by atoms with Gasteiger partial charge in [-0.3, -0.25) is 0 Å². The van der Waals surface area contributed by atoms with Gasteiger partial charge in [0.2, 0.25) is 0 Å². The minimum atomic E-state index is 1.06. The second kappa shape index (κ2) is 4.15. The Morgan fingerprint density at radius 3 is 2.53 bits per heavy atom. The molecule has 1 aliphatic rings. The van der Waals surface area contributed by atoms with Crippen molar-refractivity contribution in [2.75, 3.05) is 0 Å². The van der Waals surface area contributed by atoms with Crippen molar-refractivity contribution in [3.63, 3.8) is 0 Å². The maximum atomic E-state index is 3.68. The molecule has 84 valence electrons. The minimum absolute atomic E-state index is 1.06. The lowest BCUT2D eigenvalue weighted by Gasteiger charge is -2.09. The van der Waals surface area contributed by atoms with Gasteiger partial charge in [-0.25, -0.2) is 0 Å². The summed E-state index contributed by atoms with van der Waals surface area (Å²) in [6, 6.07) is 15.1. The molecule has 0 fully saturated rings. The summed E-state index contributed by atoms with van der Waals surface area (Å²) >= 11 is 3.68. The molecule has 0 bridgehead atoms. The van der Waals surface area contributed by atoms with Gasteiger partial charge in [0, 0.05) is 4.47 Å². The third-order valence-electron chi connectivity index (χ3n) is 3.33. The minimum Gasteiger partial charge on any atom is -0.0766 e. The van der Waals surface area contributed by atoms with Crippen molar-refractivity contribution in [3.05, 3.63) is 64.1 Å². The normalized spacial score (nSPS) is 13.4. The van der Waals surface area contributed by atoms with Gasteiger partial charge in [0.05, 0.1) is 0 Å². The summed E-state index contributed by atoms with van der Waals surface area (Å²) in [7, 11) is 0. The average molecular weight is 285 g/mol. The first kappa shape index (κ1) is 10.8. The number of hydrogen-bond donors (Lipinski definition) is 0. The van der Waals surface area contributed by atoms with E-state index in [-0.39, 0.29) is 0 Å². The summed E-state index contributed by atoms with van der Waals surface area (Å²) in [5.41, 5.74) is 6.76. The highest BCUT2D eigenvalue weighted by Gasteiger charge is 2.14. The van der Waals surface area contributed by atoms with Crippen molar-refractivity contribution < 1.29 is 0 Å². The SMILES string of the molecule is CC1=CCc2cc(Br)c(-c3ccccc3)cc21. The maximum Gasteiger partial charge on any atom is 0.0257 e. The smallest absolute Gasteiger partial charge is 0.0257 e. The third-order valence-corrected chi connectivity index (χ3v) is 3.99. The van der Waals surface area contributed by atoms with Crippen LogP contribution in [0.4, 0.5) is 0 Å². The van der Waals surface area contributed by atoms with Crippen LogP contribution in [0.5, 0.6) is 0 Å². The zero-order chi connectivity index (χ0) is 11.8. The van der Waals surface area contributed by atoms with Crippen LogP contribution in [0.25, 0.3) is 16.7 Å². The first-order valence-corrected chi connectivity index (χ1v) is 6.60. The summed E-state index contributed by atoms with van der Waals surface area (Å²) in [5.74, 6) is 0. The van der Waals surface area contributed by atoms with Crippen LogP contribution in [-0.4, -0.2) is 0 Å². The summed E-state index contributed by atoms with van der Waals surface area (Å²) in [5, 5.41) is 0. The fourth-order valence-corrected chi connectivity index (χ4v) is 2.98. The fraction of sp³-hybridized carbons (Fsp3) is 0.125. The van der Waals surface area contributed by atoms with Crippen LogP contribution in [0.2, 0.25) is 0 Å². The first-order valence-electron chi connectivity index (χ1n) is 5.80. The number of hydrogen-bond acceptors (Lipinski definition) is 0. The zero-order valence-corrected chi connectivity index (χ0v) is 11.3. The number of benzene rings is 2. The van der Waals surface area contributed by atoms with E-state index in [1.54, 1.807) is 0 Å². The van der Waals surface area contributed by atoms with E-state index in [2.05, 4.69) is 71.4 Å². The fourth-order valence-electron chi connectivity index (χ4n) is 2.36. The Bertz CT molecular complexity index is 594. The Morgan fingerprint density at radius 2 is 1.76 bits per heavy atom. The molecule has 0 aliphatic heterocycles. The molecular formula is C16H13Br. The molecule has 0 aromatic heterocycles. The van der Waals surface area contributed by atoms with Crippen molar-refractivity contribution in [2.24, 2.45) is 0 Å². The maximum absolute atomic E-state index is 3.68. The van der Waals surface area contributed by atoms with Gasteiger partial charge in [0.1, 0.15) is 0 Å². The van der Waals surface area contributed by atoms with Gasteiger partial charge in [-0.15, -0.1) is 0 Å². The van der Waals surface area contributed by atoms with Gasteiger partial charge in [-0.1, -0.05) is 52.3 Å². The van der Waals surface area contributed by atoms with E-state index in [9.17, 15) is 0 Å². The van der Waals surface area contributed by atoms with Gasteiger partial charge in [0.25, 0.3) is 0 Å². The van der Waals surface area contributed by atoms with Gasteiger partial charge in [-0.2, -0.15) is 0 Å². The predicted molar refractivity (Wildman–Crippen MR) is 76.9 cm³/mol. The van der Waals surface area contributed by atoms with Gasteiger partial charge >= 0.3 is 0 Å². The Kier molecular flexibility index (Phi) is 2.64. The third kappa shape index (κ3) is 1.85. The van der Waals surface area contributed by atoms with Crippen LogP contribution >= 0.6 is 15.9 Å². The van der Waals surface area contributed by atoms with E-state index < -0.39 is 0 Å². The van der Waals surface area contributed by atoms with Crippen molar-refractivity contribution in [3.8, 4) is 11.1 Å². The molecule has 17 heavy (non-hydrogen) atoms. The molecule has 2 aromatic carbocycles. The van der Waals surface area contributed by atoms with E-state index >= 15 is 0 Å². The first-order chi connectivity index (χ1) is 8.25. The highest BCUT2D eigenvalue weighted by Crippen LogP contribution is 2.36. The number of allylic oxidation sites excluding steroid dienone is 2. The van der Waals surface area contributed by atoms with Crippen molar-refractivity contribution in [2.45, 2.75) is 13.3 Å². The molecule has 0 saturated heterocycles. The van der Waals surface area contributed by atoms with Gasteiger partial charge in [0.15, 0.2) is 0 Å². The summed E-state index contributed by atoms with van der Waals surface area (Å²) in [6.45, 7) is 2.19. The monoisotopic (exact) mass is 284 g/mol. The lowest BCUT2D eigenvalue weighted by Crippen LogP contribution is -1.87. The van der Waals surface area contributed by atoms with E-state index in [0.29, 0.717) is 0 Å². The molecule has 0 nitrogen and oxygen atoms in total. The second-order valence-electron chi connectivity index (χ2n) is 4.45. The molecular weight excluding hydrogens is 272 g/mol. The second-order valence-corrected chi connectivity index (χ2v) is 5.30. The molecule has 1 aliphatic carbocycles. The van der Waals surface area contributed by atoms with E-state index in [0.717, 1.165) is 6.42 Å². The number of halogens is 1. The topological polar surface area (TPSA) is 0 Å². The molecule has 0 heterocycles. The van der Waals surface area contributed by atoms with Crippen LogP contribution in [0, 0.1) is 0 Å². The highest BCUT2D eigenvalue weighted by molar-refractivity contribution is 9.10. The summed E-state index contributed by atoms with van der Waals surface area (Å²) in [4.78, 5) is 0. The van der Waals surface area contributed by atoms with Crippen molar-refractivity contribution >= 4 is 21.5 Å². The van der Waals surface area contributed by atoms with Crippen molar-refractivity contribution in [1.82, 2.24) is 0 Å². The highest BCUT2D eigenvalue weighted by atomic mass is 79.9. The van der Waals surface area contributed by atoms with Crippen LogP contribution in [0.15, 0.2) is 53.0 Å². The Morgan fingerprint density at radius 1 is 1.00 bits per heavy atom. The van der Waals surface area contributed by atoms with Crippen LogP contribution in [0.1, 0.15) is 18.1 Å². The van der Waals surface area contributed by atoms with Gasteiger partial charge in [-0.05, 0) is 53.3 Å². The Balaban J connectivity index is 2.19. The zero-order valence-electron chi connectivity index (χ0n) is 9.70. The standard InChI is InChI=1S/C16H13Br/c1-11-7-8-13-9-16(17)15(10-14(11)13)12-5-3-2-4-6-12/h2-7,9-10H,8H2,1H3. The molecule has 0 atom stereocenters. The molecule has 1 heteroatoms. The molecule has 0 N–H and O–H groups in total. The van der Waals surface area contributed by atoms with Gasteiger partial charge < -0.3 is 0 Å². The van der Waals surface area contributed by atoms with E-state index in [1.807, 2.05) is 0 Å².